The fourth-order valence-electron chi connectivity index (χ4n) is 3.77. The molecule has 186 valence electrons. The van der Waals surface area contributed by atoms with E-state index in [-0.39, 0.29) is 32.8 Å². The van der Waals surface area contributed by atoms with Gasteiger partial charge < -0.3 is 29.3 Å². The van der Waals surface area contributed by atoms with Crippen molar-refractivity contribution >= 4 is 57.9 Å². The minimum absolute atomic E-state index is 0.123. The van der Waals surface area contributed by atoms with Gasteiger partial charge in [-0.3, -0.25) is 0 Å². The van der Waals surface area contributed by atoms with Gasteiger partial charge in [-0.05, 0) is 35.0 Å². The Bertz CT molecular complexity index is 1560. The molecule has 0 aliphatic heterocycles. The Kier molecular flexibility index (Phi) is 6.03. The van der Waals surface area contributed by atoms with Crippen LogP contribution in [-0.2, 0) is 0 Å². The predicted molar refractivity (Wildman–Crippen MR) is 134 cm³/mol. The topological polar surface area (TPSA) is 175 Å². The Morgan fingerprint density at radius 3 is 1.11 bits per heavy atom. The van der Waals surface area contributed by atoms with Crippen molar-refractivity contribution in [3.8, 4) is 42.5 Å². The monoisotopic (exact) mass is 556 g/mol. The SMILES string of the molecule is O=C(O)c1c(-c2cccs2)oc(-c2ccc(-c3oc(-c4cccs4)c(C(=O)O)c3C(=O)O)s2)c1C(=O)O. The van der Waals surface area contributed by atoms with Gasteiger partial charge in [-0.1, -0.05) is 12.1 Å². The molecular formula is C24H12O10S3. The third-order valence-electron chi connectivity index (χ3n) is 5.22. The molecule has 0 atom stereocenters. The molecule has 5 aromatic heterocycles. The van der Waals surface area contributed by atoms with Gasteiger partial charge in [0.2, 0.25) is 0 Å². The second kappa shape index (κ2) is 9.20. The van der Waals surface area contributed by atoms with Crippen LogP contribution in [0.4, 0.5) is 0 Å². The molecule has 0 aliphatic rings. The highest BCUT2D eigenvalue weighted by molar-refractivity contribution is 7.18. The highest BCUT2D eigenvalue weighted by Crippen LogP contribution is 2.46. The molecule has 0 fully saturated rings. The van der Waals surface area contributed by atoms with Crippen LogP contribution in [-0.4, -0.2) is 44.3 Å². The van der Waals surface area contributed by atoms with Gasteiger partial charge >= 0.3 is 23.9 Å². The number of aromatic carboxylic acids is 4. The maximum atomic E-state index is 12.1. The van der Waals surface area contributed by atoms with Gasteiger partial charge in [0, 0.05) is 0 Å². The van der Waals surface area contributed by atoms with E-state index in [2.05, 4.69) is 0 Å². The molecule has 0 radical (unpaired) electrons. The predicted octanol–water partition coefficient (Wildman–Crippen LogP) is 6.52. The zero-order valence-electron chi connectivity index (χ0n) is 18.1. The summed E-state index contributed by atoms with van der Waals surface area (Å²) in [5.41, 5.74) is -2.16. The number of furan rings is 2. The third kappa shape index (κ3) is 4.04. The number of thiophene rings is 3. The molecule has 0 aliphatic carbocycles. The number of carboxylic acid groups (broad SMARTS) is 4. The van der Waals surface area contributed by atoms with Crippen LogP contribution in [0, 0.1) is 0 Å². The van der Waals surface area contributed by atoms with Gasteiger partial charge in [0.1, 0.15) is 22.3 Å². The van der Waals surface area contributed by atoms with Crippen molar-refractivity contribution in [2.45, 2.75) is 0 Å². The molecule has 0 unspecified atom stereocenters. The van der Waals surface area contributed by atoms with Crippen LogP contribution < -0.4 is 0 Å². The Hall–Kier alpha value is -4.46. The van der Waals surface area contributed by atoms with Crippen molar-refractivity contribution in [1.29, 1.82) is 0 Å². The summed E-state index contributed by atoms with van der Waals surface area (Å²) in [6.45, 7) is 0. The molecule has 0 spiro atoms. The molecular weight excluding hydrogens is 544 g/mol. The van der Waals surface area contributed by atoms with Gasteiger partial charge in [-0.15, -0.1) is 34.0 Å². The first-order chi connectivity index (χ1) is 17.7. The molecule has 0 aromatic carbocycles. The van der Waals surface area contributed by atoms with Crippen LogP contribution in [0.25, 0.3) is 42.5 Å². The Morgan fingerprint density at radius 1 is 0.514 bits per heavy atom. The maximum Gasteiger partial charge on any atom is 0.340 e. The van der Waals surface area contributed by atoms with E-state index < -0.39 is 46.1 Å². The van der Waals surface area contributed by atoms with Gasteiger partial charge in [-0.2, -0.15) is 0 Å². The summed E-state index contributed by atoms with van der Waals surface area (Å²) >= 11 is 3.21. The van der Waals surface area contributed by atoms with Gasteiger partial charge in [-0.25, -0.2) is 19.2 Å². The Balaban J connectivity index is 1.71. The second-order valence-electron chi connectivity index (χ2n) is 7.36. The van der Waals surface area contributed by atoms with Crippen LogP contribution in [0.2, 0.25) is 0 Å². The molecule has 4 N–H and O–H groups in total. The molecule has 5 rings (SSSR count). The van der Waals surface area contributed by atoms with E-state index in [1.807, 2.05) is 0 Å². The zero-order valence-corrected chi connectivity index (χ0v) is 20.5. The van der Waals surface area contributed by atoms with Crippen molar-refractivity contribution in [3.63, 3.8) is 0 Å². The number of hydrogen-bond donors (Lipinski definition) is 4. The highest BCUT2D eigenvalue weighted by atomic mass is 32.1. The summed E-state index contributed by atoms with van der Waals surface area (Å²) < 4.78 is 11.5. The lowest BCUT2D eigenvalue weighted by Crippen LogP contribution is -2.07. The summed E-state index contributed by atoms with van der Waals surface area (Å²) in [6.07, 6.45) is 0. The van der Waals surface area contributed by atoms with Crippen molar-refractivity contribution in [2.24, 2.45) is 0 Å². The quantitative estimate of drug-likeness (QED) is 0.165. The summed E-state index contributed by atoms with van der Waals surface area (Å²) in [5.74, 6) is -6.73. The molecule has 5 aromatic rings. The molecule has 0 amide bonds. The molecule has 0 bridgehead atoms. The van der Waals surface area contributed by atoms with Gasteiger partial charge in [0.05, 0.1) is 19.5 Å². The summed E-state index contributed by atoms with van der Waals surface area (Å²) in [7, 11) is 0. The normalized spacial score (nSPS) is 11.0. The summed E-state index contributed by atoms with van der Waals surface area (Å²) in [4.78, 5) is 49.4. The second-order valence-corrected chi connectivity index (χ2v) is 10.3. The van der Waals surface area contributed by atoms with Crippen LogP contribution >= 0.6 is 34.0 Å². The van der Waals surface area contributed by atoms with Crippen molar-refractivity contribution in [1.82, 2.24) is 0 Å². The van der Waals surface area contributed by atoms with Crippen LogP contribution in [0.3, 0.4) is 0 Å². The van der Waals surface area contributed by atoms with Crippen molar-refractivity contribution in [3.05, 3.63) is 69.4 Å². The minimum Gasteiger partial charge on any atom is -0.478 e. The average Bonchev–Trinajstić information content (AvgIpc) is 3.65. The Morgan fingerprint density at radius 2 is 0.838 bits per heavy atom. The molecule has 0 saturated carbocycles. The zero-order chi connectivity index (χ0) is 26.4. The average molecular weight is 557 g/mol. The van der Waals surface area contributed by atoms with E-state index in [1.54, 1.807) is 35.0 Å². The third-order valence-corrected chi connectivity index (χ3v) is 8.04. The molecule has 37 heavy (non-hydrogen) atoms. The number of carboxylic acids is 4. The van der Waals surface area contributed by atoms with Gasteiger partial charge in [0.15, 0.2) is 23.0 Å². The van der Waals surface area contributed by atoms with E-state index in [4.69, 9.17) is 8.83 Å². The van der Waals surface area contributed by atoms with E-state index in [0.29, 0.717) is 9.75 Å². The van der Waals surface area contributed by atoms with Crippen molar-refractivity contribution in [2.75, 3.05) is 0 Å². The largest absolute Gasteiger partial charge is 0.478 e. The lowest BCUT2D eigenvalue weighted by atomic mass is 10.1. The molecule has 13 heteroatoms. The van der Waals surface area contributed by atoms with E-state index in [1.165, 1.54) is 34.8 Å². The van der Waals surface area contributed by atoms with Crippen LogP contribution in [0.5, 0.6) is 0 Å². The number of hydrogen-bond acceptors (Lipinski definition) is 9. The minimum atomic E-state index is -1.52. The number of carbonyl (C=O) groups is 4. The summed E-state index contributed by atoms with van der Waals surface area (Å²) in [5, 5.41) is 42.6. The first-order valence-electron chi connectivity index (χ1n) is 10.1. The lowest BCUT2D eigenvalue weighted by molar-refractivity contribution is 0.0654. The van der Waals surface area contributed by atoms with Crippen molar-refractivity contribution < 1.29 is 48.4 Å². The Labute approximate surface area is 217 Å². The fourth-order valence-corrected chi connectivity index (χ4v) is 6.18. The van der Waals surface area contributed by atoms with Crippen LogP contribution in [0.1, 0.15) is 41.4 Å². The molecule has 0 saturated heterocycles. The molecule has 5 heterocycles. The van der Waals surface area contributed by atoms with E-state index in [9.17, 15) is 39.6 Å². The van der Waals surface area contributed by atoms with E-state index >= 15 is 0 Å². The standard InChI is InChI=1S/C24H12O10S3/c25-21(26)13-15(23(29)30)19(33-17(13)9-3-1-7-35-9)11-5-6-12(37-11)20-16(24(31)32)14(22(27)28)18(34-20)10-4-2-8-36-10/h1-8H,(H,25,26)(H,27,28)(H,29,30)(H,31,32). The lowest BCUT2D eigenvalue weighted by Gasteiger charge is -1.97. The first kappa shape index (κ1) is 24.2. The smallest absolute Gasteiger partial charge is 0.340 e. The van der Waals surface area contributed by atoms with Gasteiger partial charge in [0.25, 0.3) is 0 Å². The number of rotatable bonds is 8. The fraction of sp³-hybridized carbons (Fsp3) is 0. The summed E-state index contributed by atoms with van der Waals surface area (Å²) in [6, 6.07) is 9.35. The highest BCUT2D eigenvalue weighted by Gasteiger charge is 2.35. The molecule has 10 nitrogen and oxygen atoms in total. The first-order valence-corrected chi connectivity index (χ1v) is 12.7. The van der Waals surface area contributed by atoms with E-state index in [0.717, 1.165) is 11.3 Å². The van der Waals surface area contributed by atoms with Crippen LogP contribution in [0.15, 0.2) is 56.0 Å². The maximum absolute atomic E-state index is 12.1.